The first kappa shape index (κ1) is 11.5. The largest absolute Gasteiger partial charge is 0.0956 e. The van der Waals surface area contributed by atoms with E-state index < -0.39 is 0 Å². The summed E-state index contributed by atoms with van der Waals surface area (Å²) in [7, 11) is 0. The van der Waals surface area contributed by atoms with Gasteiger partial charge in [0.05, 0.1) is 0 Å². The lowest BCUT2D eigenvalue weighted by Crippen LogP contribution is -1.91. The molecule has 0 heteroatoms. The molecule has 0 fully saturated rings. The zero-order valence-corrected chi connectivity index (χ0v) is 8.98. The maximum absolute atomic E-state index is 4.08. The van der Waals surface area contributed by atoms with Gasteiger partial charge < -0.3 is 0 Å². The molecular weight excluding hydrogens is 144 g/mol. The fraction of sp³-hybridized carbons (Fsp3) is 0.667. The van der Waals surface area contributed by atoms with E-state index in [4.69, 9.17) is 0 Å². The van der Waals surface area contributed by atoms with Crippen LogP contribution >= 0.6 is 0 Å². The molecule has 0 radical (unpaired) electrons. The number of unbranched alkanes of at least 4 members (excludes halogenated alkanes) is 1. The highest BCUT2D eigenvalue weighted by Gasteiger charge is 1.99. The van der Waals surface area contributed by atoms with Crippen LogP contribution in [-0.2, 0) is 0 Å². The number of rotatable bonds is 5. The molecule has 0 rings (SSSR count). The summed E-state index contributed by atoms with van der Waals surface area (Å²) in [6.07, 6.45) is 5.84. The molecule has 0 N–H and O–H groups in total. The Hall–Kier alpha value is -0.520. The van der Waals surface area contributed by atoms with Crippen molar-refractivity contribution in [2.45, 2.75) is 47.0 Å². The molecule has 0 saturated carbocycles. The van der Waals surface area contributed by atoms with E-state index in [9.17, 15) is 0 Å². The Morgan fingerprint density at radius 3 is 2.42 bits per heavy atom. The summed E-state index contributed by atoms with van der Waals surface area (Å²) in [6, 6.07) is 0. The molecule has 0 aliphatic rings. The Balaban J connectivity index is 3.92. The van der Waals surface area contributed by atoms with Crippen molar-refractivity contribution in [3.05, 3.63) is 23.8 Å². The third kappa shape index (κ3) is 5.17. The molecule has 70 valence electrons. The molecular formula is C12H22. The highest BCUT2D eigenvalue weighted by atomic mass is 14.1. The van der Waals surface area contributed by atoms with Gasteiger partial charge in [-0.1, -0.05) is 51.0 Å². The van der Waals surface area contributed by atoms with Gasteiger partial charge in [-0.05, 0) is 25.7 Å². The van der Waals surface area contributed by atoms with Crippen molar-refractivity contribution in [2.24, 2.45) is 5.92 Å². The summed E-state index contributed by atoms with van der Waals surface area (Å²) in [5, 5.41) is 0. The van der Waals surface area contributed by atoms with Crippen LogP contribution in [0.25, 0.3) is 0 Å². The Labute approximate surface area is 77.4 Å². The van der Waals surface area contributed by atoms with E-state index in [0.717, 1.165) is 12.3 Å². The van der Waals surface area contributed by atoms with Gasteiger partial charge in [0.1, 0.15) is 0 Å². The van der Waals surface area contributed by atoms with Crippen LogP contribution in [0.1, 0.15) is 47.0 Å². The fourth-order valence-electron chi connectivity index (χ4n) is 1.16. The van der Waals surface area contributed by atoms with Crippen LogP contribution in [-0.4, -0.2) is 0 Å². The molecule has 0 aliphatic carbocycles. The second-order valence-corrected chi connectivity index (χ2v) is 3.88. The topological polar surface area (TPSA) is 0 Å². The van der Waals surface area contributed by atoms with Crippen molar-refractivity contribution in [3.8, 4) is 0 Å². The third-order valence-corrected chi connectivity index (χ3v) is 1.95. The lowest BCUT2D eigenvalue weighted by atomic mass is 9.98. The van der Waals surface area contributed by atoms with Gasteiger partial charge in [-0.2, -0.15) is 0 Å². The number of allylic oxidation sites excluding steroid dienone is 3. The lowest BCUT2D eigenvalue weighted by molar-refractivity contribution is 0.646. The highest BCUT2D eigenvalue weighted by molar-refractivity contribution is 5.25. The predicted octanol–water partition coefficient (Wildman–Crippen LogP) is 4.34. The highest BCUT2D eigenvalue weighted by Crippen LogP contribution is 2.17. The van der Waals surface area contributed by atoms with Gasteiger partial charge in [0.25, 0.3) is 0 Å². The predicted molar refractivity (Wildman–Crippen MR) is 57.3 cm³/mol. The zero-order chi connectivity index (χ0) is 9.56. The van der Waals surface area contributed by atoms with Gasteiger partial charge in [0.2, 0.25) is 0 Å². The number of hydrogen-bond acceptors (Lipinski definition) is 0. The van der Waals surface area contributed by atoms with Gasteiger partial charge in [-0.25, -0.2) is 0 Å². The molecule has 0 aromatic rings. The van der Waals surface area contributed by atoms with Crippen molar-refractivity contribution in [1.82, 2.24) is 0 Å². The first-order valence-electron chi connectivity index (χ1n) is 4.92. The summed E-state index contributed by atoms with van der Waals surface area (Å²) in [6.45, 7) is 12.9. The standard InChI is InChI=1S/C12H22/c1-6-7-8-11(4)12(5)9-10(2)3/h8,10H,5-7,9H2,1-4H3/b11-8+. The second kappa shape index (κ2) is 6.05. The van der Waals surface area contributed by atoms with E-state index in [1.807, 2.05) is 0 Å². The zero-order valence-electron chi connectivity index (χ0n) is 8.98. The van der Waals surface area contributed by atoms with Crippen LogP contribution in [0.4, 0.5) is 0 Å². The van der Waals surface area contributed by atoms with Crippen LogP contribution in [0.2, 0.25) is 0 Å². The summed E-state index contributed by atoms with van der Waals surface area (Å²) < 4.78 is 0. The second-order valence-electron chi connectivity index (χ2n) is 3.88. The Bertz CT molecular complexity index is 161. The van der Waals surface area contributed by atoms with E-state index in [0.29, 0.717) is 0 Å². The molecule has 0 bridgehead atoms. The SMILES string of the molecule is C=C(CC(C)C)/C(C)=C/CCC. The molecule has 0 unspecified atom stereocenters. The molecule has 0 spiro atoms. The quantitative estimate of drug-likeness (QED) is 0.533. The molecule has 0 aromatic carbocycles. The van der Waals surface area contributed by atoms with E-state index in [-0.39, 0.29) is 0 Å². The summed E-state index contributed by atoms with van der Waals surface area (Å²) in [5.41, 5.74) is 2.68. The van der Waals surface area contributed by atoms with Crippen molar-refractivity contribution < 1.29 is 0 Å². The van der Waals surface area contributed by atoms with Gasteiger partial charge in [-0.3, -0.25) is 0 Å². The van der Waals surface area contributed by atoms with Crippen LogP contribution in [0, 0.1) is 5.92 Å². The van der Waals surface area contributed by atoms with Crippen molar-refractivity contribution in [2.75, 3.05) is 0 Å². The Morgan fingerprint density at radius 1 is 1.42 bits per heavy atom. The molecule has 0 nitrogen and oxygen atoms in total. The molecule has 0 saturated heterocycles. The van der Waals surface area contributed by atoms with E-state index in [2.05, 4.69) is 40.3 Å². The van der Waals surface area contributed by atoms with Crippen LogP contribution in [0.5, 0.6) is 0 Å². The third-order valence-electron chi connectivity index (χ3n) is 1.95. The van der Waals surface area contributed by atoms with Crippen molar-refractivity contribution >= 4 is 0 Å². The minimum absolute atomic E-state index is 0.725. The maximum atomic E-state index is 4.08. The smallest absolute Gasteiger partial charge is 0.0259 e. The van der Waals surface area contributed by atoms with Gasteiger partial charge in [-0.15, -0.1) is 0 Å². The first-order chi connectivity index (χ1) is 5.57. The maximum Gasteiger partial charge on any atom is -0.0259 e. The van der Waals surface area contributed by atoms with Crippen LogP contribution in [0.3, 0.4) is 0 Å². The monoisotopic (exact) mass is 166 g/mol. The minimum atomic E-state index is 0.725. The van der Waals surface area contributed by atoms with Gasteiger partial charge >= 0.3 is 0 Å². The molecule has 12 heavy (non-hydrogen) atoms. The summed E-state index contributed by atoms with van der Waals surface area (Å²) in [5.74, 6) is 0.725. The lowest BCUT2D eigenvalue weighted by Gasteiger charge is -2.08. The average molecular weight is 166 g/mol. The van der Waals surface area contributed by atoms with Gasteiger partial charge in [0.15, 0.2) is 0 Å². The average Bonchev–Trinajstić information content (AvgIpc) is 1.98. The summed E-state index contributed by atoms with van der Waals surface area (Å²) in [4.78, 5) is 0. The van der Waals surface area contributed by atoms with Gasteiger partial charge in [0, 0.05) is 0 Å². The minimum Gasteiger partial charge on any atom is -0.0956 e. The van der Waals surface area contributed by atoms with Crippen molar-refractivity contribution in [1.29, 1.82) is 0 Å². The molecule has 0 heterocycles. The first-order valence-corrected chi connectivity index (χ1v) is 4.92. The molecule has 0 aliphatic heterocycles. The van der Waals surface area contributed by atoms with E-state index >= 15 is 0 Å². The van der Waals surface area contributed by atoms with E-state index in [1.165, 1.54) is 24.0 Å². The molecule has 0 atom stereocenters. The van der Waals surface area contributed by atoms with Crippen LogP contribution < -0.4 is 0 Å². The number of hydrogen-bond donors (Lipinski definition) is 0. The Morgan fingerprint density at radius 2 is 2.00 bits per heavy atom. The van der Waals surface area contributed by atoms with Crippen LogP contribution in [0.15, 0.2) is 23.8 Å². The van der Waals surface area contributed by atoms with E-state index in [1.54, 1.807) is 0 Å². The van der Waals surface area contributed by atoms with Crippen molar-refractivity contribution in [3.63, 3.8) is 0 Å². The Kier molecular flexibility index (Phi) is 5.79. The fourth-order valence-corrected chi connectivity index (χ4v) is 1.16. The molecule has 0 aromatic heterocycles. The summed E-state index contributed by atoms with van der Waals surface area (Å²) >= 11 is 0. The normalized spacial score (nSPS) is 12.2. The molecule has 0 amide bonds.